The van der Waals surface area contributed by atoms with Crippen LogP contribution in [0, 0.1) is 0 Å². The van der Waals surface area contributed by atoms with E-state index in [9.17, 15) is 0 Å². The molecule has 2 rings (SSSR count). The molecule has 1 aromatic rings. The smallest absolute Gasteiger partial charge is 0.282 e. The molecule has 0 aromatic heterocycles. The Bertz CT molecular complexity index is 395. The topological polar surface area (TPSA) is 56.8 Å². The molecule has 1 aliphatic rings. The average Bonchev–Trinajstić information content (AvgIpc) is 2.67. The quantitative estimate of drug-likeness (QED) is 0.874. The predicted molar refractivity (Wildman–Crippen MR) is 62.9 cm³/mol. The van der Waals surface area contributed by atoms with E-state index >= 15 is 0 Å². The van der Waals surface area contributed by atoms with Crippen LogP contribution in [0.25, 0.3) is 0 Å². The maximum absolute atomic E-state index is 5.95. The predicted octanol–water partition coefficient (Wildman–Crippen LogP) is 1.82. The van der Waals surface area contributed by atoms with E-state index in [4.69, 9.17) is 26.8 Å². The zero-order valence-electron chi connectivity index (χ0n) is 8.73. The van der Waals surface area contributed by atoms with Crippen LogP contribution < -0.4 is 10.5 Å². The SMILES string of the molecule is NC1=NC(CCOc2ccccc2Cl)CO1. The van der Waals surface area contributed by atoms with Gasteiger partial charge >= 0.3 is 0 Å². The van der Waals surface area contributed by atoms with Gasteiger partial charge in [-0.2, -0.15) is 0 Å². The number of aliphatic imine (C=N–C) groups is 1. The summed E-state index contributed by atoms with van der Waals surface area (Å²) in [6.07, 6.45) is 0.770. The molecule has 0 saturated carbocycles. The number of para-hydroxylation sites is 1. The number of nitrogens with two attached hydrogens (primary N) is 1. The van der Waals surface area contributed by atoms with E-state index in [1.807, 2.05) is 18.2 Å². The van der Waals surface area contributed by atoms with E-state index in [1.165, 1.54) is 0 Å². The van der Waals surface area contributed by atoms with Crippen LogP contribution in [0.4, 0.5) is 0 Å². The normalized spacial score (nSPS) is 19.1. The lowest BCUT2D eigenvalue weighted by Crippen LogP contribution is -2.12. The number of rotatable bonds is 4. The Hall–Kier alpha value is -1.42. The molecule has 0 bridgehead atoms. The van der Waals surface area contributed by atoms with Crippen molar-refractivity contribution >= 4 is 17.6 Å². The second-order valence-corrected chi connectivity index (χ2v) is 3.91. The number of amidine groups is 1. The zero-order valence-corrected chi connectivity index (χ0v) is 9.48. The lowest BCUT2D eigenvalue weighted by Gasteiger charge is -2.08. The molecule has 2 N–H and O–H groups in total. The maximum Gasteiger partial charge on any atom is 0.282 e. The largest absolute Gasteiger partial charge is 0.492 e. The van der Waals surface area contributed by atoms with E-state index in [-0.39, 0.29) is 12.1 Å². The molecule has 0 fully saturated rings. The van der Waals surface area contributed by atoms with Crippen LogP contribution in [0.5, 0.6) is 5.75 Å². The number of hydrogen-bond donors (Lipinski definition) is 1. The standard InChI is InChI=1S/C11H13ClN2O2/c12-9-3-1-2-4-10(9)15-6-5-8-7-16-11(13)14-8/h1-4,8H,5-7H2,(H2,13,14). The number of ether oxygens (including phenoxy) is 2. The lowest BCUT2D eigenvalue weighted by atomic mass is 10.2. The van der Waals surface area contributed by atoms with E-state index in [1.54, 1.807) is 6.07 Å². The molecule has 86 valence electrons. The van der Waals surface area contributed by atoms with Crippen LogP contribution in [-0.2, 0) is 4.74 Å². The van der Waals surface area contributed by atoms with Crippen LogP contribution in [0.2, 0.25) is 5.02 Å². The minimum atomic E-state index is 0.0995. The summed E-state index contributed by atoms with van der Waals surface area (Å²) in [6.45, 7) is 1.09. The fourth-order valence-electron chi connectivity index (χ4n) is 1.45. The molecule has 0 amide bonds. The molecule has 1 aromatic carbocycles. The van der Waals surface area contributed by atoms with Crippen molar-refractivity contribution in [3.05, 3.63) is 29.3 Å². The fourth-order valence-corrected chi connectivity index (χ4v) is 1.64. The Labute approximate surface area is 99.0 Å². The van der Waals surface area contributed by atoms with Crippen LogP contribution >= 0.6 is 11.6 Å². The Morgan fingerprint density at radius 1 is 1.50 bits per heavy atom. The molecule has 1 heterocycles. The summed E-state index contributed by atoms with van der Waals surface area (Å²) < 4.78 is 10.6. The van der Waals surface area contributed by atoms with Gasteiger partial charge in [-0.05, 0) is 12.1 Å². The van der Waals surface area contributed by atoms with Crippen molar-refractivity contribution < 1.29 is 9.47 Å². The summed E-state index contributed by atoms with van der Waals surface area (Å²) in [6, 6.07) is 7.75. The van der Waals surface area contributed by atoms with Gasteiger partial charge in [0.15, 0.2) is 0 Å². The summed E-state index contributed by atoms with van der Waals surface area (Å²) in [5.74, 6) is 0.694. The Balaban J connectivity index is 1.78. The highest BCUT2D eigenvalue weighted by molar-refractivity contribution is 6.32. The van der Waals surface area contributed by atoms with Gasteiger partial charge in [-0.3, -0.25) is 0 Å². The Morgan fingerprint density at radius 3 is 3.00 bits per heavy atom. The van der Waals surface area contributed by atoms with Gasteiger partial charge in [0, 0.05) is 6.42 Å². The first-order valence-corrected chi connectivity index (χ1v) is 5.47. The molecule has 1 aliphatic heterocycles. The molecule has 5 heteroatoms. The van der Waals surface area contributed by atoms with Crippen molar-refractivity contribution in [2.75, 3.05) is 13.2 Å². The van der Waals surface area contributed by atoms with Gasteiger partial charge in [-0.25, -0.2) is 4.99 Å². The molecule has 1 atom stereocenters. The molecule has 0 aliphatic carbocycles. The number of nitrogens with zero attached hydrogens (tertiary/aromatic N) is 1. The van der Waals surface area contributed by atoms with E-state index in [0.717, 1.165) is 6.42 Å². The molecule has 0 saturated heterocycles. The Morgan fingerprint density at radius 2 is 2.31 bits per heavy atom. The van der Waals surface area contributed by atoms with Gasteiger partial charge in [0.1, 0.15) is 12.4 Å². The molecular formula is C11H13ClN2O2. The van der Waals surface area contributed by atoms with Gasteiger partial charge in [-0.1, -0.05) is 23.7 Å². The van der Waals surface area contributed by atoms with Crippen LogP contribution in [0.1, 0.15) is 6.42 Å². The minimum Gasteiger partial charge on any atom is -0.492 e. The first-order valence-electron chi connectivity index (χ1n) is 5.09. The molecule has 0 spiro atoms. The van der Waals surface area contributed by atoms with Crippen molar-refractivity contribution in [1.29, 1.82) is 0 Å². The van der Waals surface area contributed by atoms with Gasteiger partial charge in [0.05, 0.1) is 17.7 Å². The first kappa shape index (κ1) is 11.1. The van der Waals surface area contributed by atoms with E-state index < -0.39 is 0 Å². The Kier molecular flexibility index (Phi) is 3.51. The van der Waals surface area contributed by atoms with Crippen LogP contribution in [0.15, 0.2) is 29.3 Å². The van der Waals surface area contributed by atoms with Gasteiger partial charge in [0.2, 0.25) is 0 Å². The van der Waals surface area contributed by atoms with Crippen LogP contribution in [-0.4, -0.2) is 25.3 Å². The third-order valence-electron chi connectivity index (χ3n) is 2.28. The van der Waals surface area contributed by atoms with Gasteiger partial charge in [-0.15, -0.1) is 0 Å². The zero-order chi connectivity index (χ0) is 11.4. The fraction of sp³-hybridized carbons (Fsp3) is 0.364. The minimum absolute atomic E-state index is 0.0995. The van der Waals surface area contributed by atoms with Crippen molar-refractivity contribution in [3.8, 4) is 5.75 Å². The van der Waals surface area contributed by atoms with Crippen molar-refractivity contribution in [3.63, 3.8) is 0 Å². The second kappa shape index (κ2) is 5.07. The first-order chi connectivity index (χ1) is 7.75. The average molecular weight is 241 g/mol. The number of benzene rings is 1. The molecule has 0 radical (unpaired) electrons. The second-order valence-electron chi connectivity index (χ2n) is 3.50. The molecule has 16 heavy (non-hydrogen) atoms. The van der Waals surface area contributed by atoms with Crippen molar-refractivity contribution in [2.24, 2.45) is 10.7 Å². The van der Waals surface area contributed by atoms with Crippen molar-refractivity contribution in [1.82, 2.24) is 0 Å². The summed E-state index contributed by atoms with van der Waals surface area (Å²) in [5.41, 5.74) is 5.40. The van der Waals surface area contributed by atoms with Gasteiger partial charge in [0.25, 0.3) is 6.02 Å². The summed E-state index contributed by atoms with van der Waals surface area (Å²) in [4.78, 5) is 4.10. The highest BCUT2D eigenvalue weighted by atomic mass is 35.5. The number of halogens is 1. The van der Waals surface area contributed by atoms with Crippen molar-refractivity contribution in [2.45, 2.75) is 12.5 Å². The summed E-state index contributed by atoms with van der Waals surface area (Å²) in [5, 5.41) is 0.619. The third kappa shape index (κ3) is 2.79. The highest BCUT2D eigenvalue weighted by Gasteiger charge is 2.16. The maximum atomic E-state index is 5.95. The lowest BCUT2D eigenvalue weighted by molar-refractivity contribution is 0.264. The summed E-state index contributed by atoms with van der Waals surface area (Å²) >= 11 is 5.95. The monoisotopic (exact) mass is 240 g/mol. The van der Waals surface area contributed by atoms with Crippen LogP contribution in [0.3, 0.4) is 0 Å². The van der Waals surface area contributed by atoms with E-state index in [0.29, 0.717) is 24.0 Å². The molecular weight excluding hydrogens is 228 g/mol. The molecule has 4 nitrogen and oxygen atoms in total. The summed E-state index contributed by atoms with van der Waals surface area (Å²) in [7, 11) is 0. The van der Waals surface area contributed by atoms with Gasteiger partial charge < -0.3 is 15.2 Å². The molecule has 1 unspecified atom stereocenters. The van der Waals surface area contributed by atoms with E-state index in [2.05, 4.69) is 4.99 Å². The number of hydrogen-bond acceptors (Lipinski definition) is 4. The highest BCUT2D eigenvalue weighted by Crippen LogP contribution is 2.23. The third-order valence-corrected chi connectivity index (χ3v) is 2.59.